The number of nitrogens with zero attached hydrogens (tertiary/aromatic N) is 4. The Morgan fingerprint density at radius 2 is 1.71 bits per heavy atom. The first-order chi connectivity index (χ1) is 15.1. The lowest BCUT2D eigenvalue weighted by Gasteiger charge is -2.19. The van der Waals surface area contributed by atoms with E-state index in [2.05, 4.69) is 43.4 Å². The number of fused-ring (bicyclic) bond motifs is 6. The van der Waals surface area contributed by atoms with Gasteiger partial charge in [0.1, 0.15) is 5.82 Å². The number of hydrogen-bond donors (Lipinski definition) is 2. The van der Waals surface area contributed by atoms with Crippen LogP contribution >= 0.6 is 0 Å². The van der Waals surface area contributed by atoms with Gasteiger partial charge < -0.3 is 15.2 Å². The quantitative estimate of drug-likeness (QED) is 0.318. The fourth-order valence-electron chi connectivity index (χ4n) is 5.46. The zero-order chi connectivity index (χ0) is 21.5. The van der Waals surface area contributed by atoms with Crippen LogP contribution in [0.3, 0.4) is 0 Å². The number of aromatic nitrogens is 2. The first-order valence-corrected chi connectivity index (χ1v) is 11.0. The highest BCUT2D eigenvalue weighted by Crippen LogP contribution is 2.52. The molecule has 4 unspecified atom stereocenters. The standard InChI is InChI=1S/C23H28N6O2/c1-14-27-17-5-3-4-6-18(17)28(14)11-9-25-23(24-2)26-10-12-29-21(30)19-15-7-8-16(13-15)20(19)22(29)31/h3-8,15-16,19-20H,9-13H2,1-2H3,(H2,24,25,26). The van der Waals surface area contributed by atoms with E-state index in [9.17, 15) is 9.59 Å². The molecule has 1 aliphatic heterocycles. The molecule has 1 aromatic heterocycles. The number of guanidine groups is 1. The van der Waals surface area contributed by atoms with Crippen LogP contribution in [-0.2, 0) is 16.1 Å². The molecule has 2 fully saturated rings. The Labute approximate surface area is 181 Å². The predicted octanol–water partition coefficient (Wildman–Crippen LogP) is 1.32. The Bertz CT molecular complexity index is 1060. The van der Waals surface area contributed by atoms with E-state index in [1.54, 1.807) is 7.05 Å². The molecule has 0 spiro atoms. The number of imide groups is 1. The minimum Gasteiger partial charge on any atom is -0.355 e. The number of likely N-dealkylation sites (tertiary alicyclic amines) is 1. The number of carbonyl (C=O) groups excluding carboxylic acids is 2. The molecule has 1 aromatic carbocycles. The van der Waals surface area contributed by atoms with Crippen LogP contribution in [0.25, 0.3) is 11.0 Å². The number of hydrogen-bond acceptors (Lipinski definition) is 4. The number of aliphatic imine (C=N–C) groups is 1. The van der Waals surface area contributed by atoms with Gasteiger partial charge >= 0.3 is 0 Å². The summed E-state index contributed by atoms with van der Waals surface area (Å²) in [5.41, 5.74) is 2.11. The van der Waals surface area contributed by atoms with Crippen LogP contribution in [0.5, 0.6) is 0 Å². The van der Waals surface area contributed by atoms with E-state index < -0.39 is 0 Å². The lowest BCUT2D eigenvalue weighted by Crippen LogP contribution is -2.44. The van der Waals surface area contributed by atoms with Gasteiger partial charge in [0.05, 0.1) is 22.9 Å². The Kier molecular flexibility index (Phi) is 5.00. The van der Waals surface area contributed by atoms with E-state index in [0.717, 1.165) is 29.8 Å². The zero-order valence-corrected chi connectivity index (χ0v) is 17.9. The summed E-state index contributed by atoms with van der Waals surface area (Å²) in [6.45, 7) is 4.30. The smallest absolute Gasteiger partial charge is 0.233 e. The molecule has 31 heavy (non-hydrogen) atoms. The van der Waals surface area contributed by atoms with Crippen molar-refractivity contribution in [3.05, 3.63) is 42.2 Å². The van der Waals surface area contributed by atoms with E-state index in [1.165, 1.54) is 4.90 Å². The molecule has 1 saturated carbocycles. The van der Waals surface area contributed by atoms with Crippen LogP contribution in [0.2, 0.25) is 0 Å². The Balaban J connectivity index is 1.12. The average molecular weight is 421 g/mol. The van der Waals surface area contributed by atoms with E-state index in [-0.39, 0.29) is 35.5 Å². The number of amides is 2. The monoisotopic (exact) mass is 420 g/mol. The summed E-state index contributed by atoms with van der Waals surface area (Å²) >= 11 is 0. The summed E-state index contributed by atoms with van der Waals surface area (Å²) in [5.74, 6) is 1.87. The van der Waals surface area contributed by atoms with Crippen molar-refractivity contribution in [3.8, 4) is 0 Å². The van der Waals surface area contributed by atoms with Crippen molar-refractivity contribution in [1.82, 2.24) is 25.1 Å². The number of benzene rings is 1. The molecule has 162 valence electrons. The molecule has 2 N–H and O–H groups in total. The molecule has 4 atom stereocenters. The second-order valence-electron chi connectivity index (χ2n) is 8.55. The Morgan fingerprint density at radius 1 is 1.06 bits per heavy atom. The van der Waals surface area contributed by atoms with Gasteiger partial charge in [0, 0.05) is 33.2 Å². The zero-order valence-electron chi connectivity index (χ0n) is 17.9. The van der Waals surface area contributed by atoms with Crippen LogP contribution in [0.15, 0.2) is 41.4 Å². The van der Waals surface area contributed by atoms with Gasteiger partial charge in [-0.1, -0.05) is 24.3 Å². The maximum Gasteiger partial charge on any atom is 0.233 e. The molecule has 2 bridgehead atoms. The number of nitrogens with one attached hydrogen (secondary N) is 2. The van der Waals surface area contributed by atoms with Crippen LogP contribution in [0.4, 0.5) is 0 Å². The van der Waals surface area contributed by atoms with E-state index in [0.29, 0.717) is 25.6 Å². The van der Waals surface area contributed by atoms with Gasteiger partial charge in [-0.05, 0) is 37.3 Å². The molecule has 2 aliphatic carbocycles. The molecule has 8 heteroatoms. The van der Waals surface area contributed by atoms with Gasteiger partial charge in [-0.2, -0.15) is 0 Å². The van der Waals surface area contributed by atoms with Gasteiger partial charge in [0.15, 0.2) is 5.96 Å². The van der Waals surface area contributed by atoms with Gasteiger partial charge in [-0.15, -0.1) is 0 Å². The third-order valence-corrected chi connectivity index (χ3v) is 6.89. The van der Waals surface area contributed by atoms with Crippen molar-refractivity contribution < 1.29 is 9.59 Å². The number of allylic oxidation sites excluding steroid dienone is 2. The van der Waals surface area contributed by atoms with E-state index >= 15 is 0 Å². The molecule has 2 amide bonds. The average Bonchev–Trinajstić information content (AvgIpc) is 3.51. The highest BCUT2D eigenvalue weighted by molar-refractivity contribution is 6.06. The molecule has 1 saturated heterocycles. The normalized spacial score (nSPS) is 26.9. The van der Waals surface area contributed by atoms with Crippen LogP contribution < -0.4 is 10.6 Å². The number of rotatable bonds is 6. The molecule has 5 rings (SSSR count). The lowest BCUT2D eigenvalue weighted by molar-refractivity contribution is -0.140. The second kappa shape index (κ2) is 7.83. The Hall–Kier alpha value is -3.16. The second-order valence-corrected chi connectivity index (χ2v) is 8.55. The van der Waals surface area contributed by atoms with Crippen molar-refractivity contribution in [3.63, 3.8) is 0 Å². The largest absolute Gasteiger partial charge is 0.355 e. The van der Waals surface area contributed by atoms with Gasteiger partial charge in [-0.3, -0.25) is 19.5 Å². The number of aryl methyl sites for hydroxylation is 1. The summed E-state index contributed by atoms with van der Waals surface area (Å²) in [5, 5.41) is 6.53. The van der Waals surface area contributed by atoms with Crippen LogP contribution in [0, 0.1) is 30.6 Å². The van der Waals surface area contributed by atoms with Gasteiger partial charge in [0.25, 0.3) is 0 Å². The fraction of sp³-hybridized carbons (Fsp3) is 0.478. The molecule has 2 aromatic rings. The molecule has 8 nitrogen and oxygen atoms in total. The van der Waals surface area contributed by atoms with Crippen molar-refractivity contribution >= 4 is 28.8 Å². The van der Waals surface area contributed by atoms with Crippen molar-refractivity contribution in [1.29, 1.82) is 0 Å². The van der Waals surface area contributed by atoms with Gasteiger partial charge in [0.2, 0.25) is 11.8 Å². The van der Waals surface area contributed by atoms with Crippen LogP contribution in [0.1, 0.15) is 12.2 Å². The van der Waals surface area contributed by atoms with Crippen molar-refractivity contribution in [2.45, 2.75) is 19.9 Å². The third-order valence-electron chi connectivity index (χ3n) is 6.89. The maximum absolute atomic E-state index is 12.8. The first kappa shape index (κ1) is 19.8. The Morgan fingerprint density at radius 3 is 2.39 bits per heavy atom. The summed E-state index contributed by atoms with van der Waals surface area (Å²) in [6, 6.07) is 8.10. The summed E-state index contributed by atoms with van der Waals surface area (Å²) in [6.07, 6.45) is 5.20. The minimum absolute atomic E-state index is 0.000873. The minimum atomic E-state index is -0.131. The van der Waals surface area contributed by atoms with Crippen molar-refractivity contribution in [2.24, 2.45) is 28.7 Å². The van der Waals surface area contributed by atoms with E-state index in [1.807, 2.05) is 25.1 Å². The molecular formula is C23H28N6O2. The lowest BCUT2D eigenvalue weighted by atomic mass is 9.85. The number of para-hydroxylation sites is 2. The predicted molar refractivity (Wildman–Crippen MR) is 118 cm³/mol. The van der Waals surface area contributed by atoms with E-state index in [4.69, 9.17) is 0 Å². The summed E-state index contributed by atoms with van der Waals surface area (Å²) in [7, 11) is 1.72. The molecule has 3 aliphatic rings. The topological polar surface area (TPSA) is 91.6 Å². The fourth-order valence-corrected chi connectivity index (χ4v) is 5.46. The summed E-state index contributed by atoms with van der Waals surface area (Å²) in [4.78, 5) is 35.8. The maximum atomic E-state index is 12.8. The molecular weight excluding hydrogens is 392 g/mol. The SMILES string of the molecule is CN=C(NCCN1C(=O)C2C3C=CC(C3)C2C1=O)NCCn1c(C)nc2ccccc21. The molecule has 2 heterocycles. The third kappa shape index (κ3) is 3.30. The highest BCUT2D eigenvalue weighted by Gasteiger charge is 2.58. The van der Waals surface area contributed by atoms with Crippen molar-refractivity contribution in [2.75, 3.05) is 26.7 Å². The first-order valence-electron chi connectivity index (χ1n) is 11.0. The number of carbonyl (C=O) groups is 2. The molecule has 0 radical (unpaired) electrons. The summed E-state index contributed by atoms with van der Waals surface area (Å²) < 4.78 is 2.18. The van der Waals surface area contributed by atoms with Crippen LogP contribution in [-0.4, -0.2) is 58.9 Å². The number of imidazole rings is 1. The van der Waals surface area contributed by atoms with Gasteiger partial charge in [-0.25, -0.2) is 4.98 Å². The highest BCUT2D eigenvalue weighted by atomic mass is 16.2.